The van der Waals surface area contributed by atoms with Gasteiger partial charge in [-0.2, -0.15) is 0 Å². The fraction of sp³-hybridized carbons (Fsp3) is 0. The average Bonchev–Trinajstić information content (AvgIpc) is 1.60. The Bertz CT molecular complexity index is 7960. The molecule has 0 amide bonds. The van der Waals surface area contributed by atoms with Gasteiger partial charge < -0.3 is 28.2 Å². The van der Waals surface area contributed by atoms with Crippen molar-refractivity contribution in [2.24, 2.45) is 0 Å². The van der Waals surface area contributed by atoms with E-state index in [4.69, 9.17) is 8.83 Å². The lowest BCUT2D eigenvalue weighted by Gasteiger charge is -2.26. The van der Waals surface area contributed by atoms with Gasteiger partial charge in [-0.25, -0.2) is 0 Å². The van der Waals surface area contributed by atoms with Crippen LogP contribution in [0.15, 0.2) is 474 Å². The summed E-state index contributed by atoms with van der Waals surface area (Å²) in [5.41, 5.74) is 30.5. The van der Waals surface area contributed by atoms with E-state index in [9.17, 15) is 0 Å². The summed E-state index contributed by atoms with van der Waals surface area (Å²) in [5, 5.41) is 18.2. The van der Waals surface area contributed by atoms with Crippen molar-refractivity contribution in [3.8, 4) is 78.1 Å². The minimum Gasteiger partial charge on any atom is -0.456 e. The number of benzene rings is 20. The minimum absolute atomic E-state index is 0.899. The van der Waals surface area contributed by atoms with Crippen molar-refractivity contribution in [3.63, 3.8) is 0 Å². The van der Waals surface area contributed by atoms with Crippen LogP contribution in [0.1, 0.15) is 0 Å². The molecule has 0 aliphatic heterocycles. The number of hydrogen-bond acceptors (Lipinski definition) is 4. The number of aromatic nitrogens is 2. The van der Waals surface area contributed by atoms with Crippen LogP contribution in [0.5, 0.6) is 0 Å². The van der Waals surface area contributed by atoms with Crippen molar-refractivity contribution >= 4 is 153 Å². The van der Waals surface area contributed by atoms with Crippen LogP contribution in [0.25, 0.3) is 187 Å². The van der Waals surface area contributed by atoms with Crippen LogP contribution in [0.3, 0.4) is 0 Å². The molecule has 24 rings (SSSR count). The fourth-order valence-corrected chi connectivity index (χ4v) is 18.2. The number of para-hydroxylation sites is 6. The summed E-state index contributed by atoms with van der Waals surface area (Å²) in [6.07, 6.45) is 0. The Labute approximate surface area is 720 Å². The Morgan fingerprint density at radius 1 is 0.203 bits per heavy atom. The van der Waals surface area contributed by atoms with Crippen molar-refractivity contribution in [1.82, 2.24) is 9.13 Å². The number of rotatable bonds is 13. The van der Waals surface area contributed by atoms with Crippen molar-refractivity contribution < 1.29 is 8.83 Å². The van der Waals surface area contributed by atoms with Gasteiger partial charge in [-0.15, -0.1) is 0 Å². The summed E-state index contributed by atoms with van der Waals surface area (Å²) in [7, 11) is 0. The molecule has 0 aliphatic rings. The Kier molecular flexibility index (Phi) is 19.0. The Balaban J connectivity index is 0.000000122. The van der Waals surface area contributed by atoms with Gasteiger partial charge in [0.25, 0.3) is 0 Å². The fourth-order valence-electron chi connectivity index (χ4n) is 17.9. The summed E-state index contributed by atoms with van der Waals surface area (Å²) in [5.74, 6) is 0. The summed E-state index contributed by atoms with van der Waals surface area (Å²) < 4.78 is 18.1. The van der Waals surface area contributed by atoms with Crippen molar-refractivity contribution in [1.29, 1.82) is 0 Å². The van der Waals surface area contributed by atoms with Crippen molar-refractivity contribution in [2.45, 2.75) is 0 Å². The predicted molar refractivity (Wildman–Crippen MR) is 522 cm³/mol. The van der Waals surface area contributed by atoms with Crippen LogP contribution < -0.4 is 10.2 Å². The molecule has 580 valence electrons. The molecule has 0 bridgehead atoms. The zero-order valence-corrected chi connectivity index (χ0v) is 68.5. The lowest BCUT2D eigenvalue weighted by molar-refractivity contribution is 0.668. The van der Waals surface area contributed by atoms with Gasteiger partial charge in [0.05, 0.1) is 22.1 Å². The molecule has 123 heavy (non-hydrogen) atoms. The Hall–Kier alpha value is -15.8. The van der Waals surface area contributed by atoms with E-state index in [-0.39, 0.29) is 0 Å². The lowest BCUT2D eigenvalue weighted by Crippen LogP contribution is -2.09. The Morgan fingerprint density at radius 3 is 0.886 bits per heavy atom. The number of fused-ring (bicyclic) bond motifs is 14. The normalized spacial score (nSPS) is 11.5. The highest BCUT2D eigenvalue weighted by atomic mass is 79.9. The molecule has 4 heterocycles. The first-order valence-corrected chi connectivity index (χ1v) is 42.5. The molecule has 6 nitrogen and oxygen atoms in total. The molecule has 0 fully saturated rings. The molecule has 20 aromatic carbocycles. The quantitative estimate of drug-likeness (QED) is 0.125. The number of halogens is 1. The lowest BCUT2D eigenvalue weighted by atomic mass is 9.98. The van der Waals surface area contributed by atoms with E-state index in [1.54, 1.807) is 0 Å². The van der Waals surface area contributed by atoms with E-state index in [2.05, 4.69) is 466 Å². The highest BCUT2D eigenvalue weighted by Gasteiger charge is 2.20. The summed E-state index contributed by atoms with van der Waals surface area (Å²) in [4.78, 5) is 2.34. The molecule has 1 N–H and O–H groups in total. The number of furan rings is 2. The maximum Gasteiger partial charge on any atom is 0.136 e. The van der Waals surface area contributed by atoms with Gasteiger partial charge in [-0.3, -0.25) is 0 Å². The second-order valence-electron chi connectivity index (χ2n) is 31.3. The molecule has 0 unspecified atom stereocenters. The van der Waals surface area contributed by atoms with E-state index >= 15 is 0 Å². The standard InChI is InChI=1S/C58H38N2O.C34H23NO.C24H16BrN/c1-2-15-49-41(11-1)12-10-19-50(49)42-27-34-47(35-28-42)59(46-32-25-40(26-33-46)44-29-36-54-53-18-5-8-22-57(53)61-58(54)38-44)45-30-23-39(24-31-45)43-13-9-14-48(37-43)60-55-20-6-3-16-51(55)52-17-4-7-21-56(52)60;1-2-8-29-24(6-1)7-5-10-30(29)25-14-19-28(20-15-25)35-27-17-12-23(13-18-27)26-16-21-32-31-9-3-4-11-33(31)36-34(32)22-26;25-19-14-12-17(13-15-19)18-6-5-7-20(16-18)26-23-10-3-1-8-21(23)22-9-2-4-11-24(22)26/h1-38H;1-22,35H;1-16H. The highest BCUT2D eigenvalue weighted by molar-refractivity contribution is 9.10. The molecule has 4 aromatic heterocycles. The second kappa shape index (κ2) is 31.8. The van der Waals surface area contributed by atoms with Gasteiger partial charge in [0, 0.05) is 87.4 Å². The predicted octanol–water partition coefficient (Wildman–Crippen LogP) is 33.3. The zero-order valence-electron chi connectivity index (χ0n) is 66.9. The Morgan fingerprint density at radius 2 is 0.488 bits per heavy atom. The third-order valence-corrected chi connectivity index (χ3v) is 24.5. The topological polar surface area (TPSA) is 51.4 Å². The maximum atomic E-state index is 6.25. The number of hydrogen-bond donors (Lipinski definition) is 1. The van der Waals surface area contributed by atoms with E-state index in [0.717, 1.165) is 110 Å². The minimum atomic E-state index is 0.899. The van der Waals surface area contributed by atoms with Gasteiger partial charge in [-0.05, 0) is 246 Å². The van der Waals surface area contributed by atoms with Gasteiger partial charge >= 0.3 is 0 Å². The molecule has 0 aliphatic carbocycles. The van der Waals surface area contributed by atoms with Gasteiger partial charge in [0.1, 0.15) is 22.3 Å². The number of nitrogens with one attached hydrogen (secondary N) is 1. The van der Waals surface area contributed by atoms with Gasteiger partial charge in [-0.1, -0.05) is 319 Å². The second-order valence-corrected chi connectivity index (χ2v) is 32.2. The first-order valence-electron chi connectivity index (χ1n) is 41.7. The zero-order chi connectivity index (χ0) is 81.7. The van der Waals surface area contributed by atoms with Crippen LogP contribution in [-0.4, -0.2) is 9.13 Å². The van der Waals surface area contributed by atoms with Crippen LogP contribution in [-0.2, 0) is 0 Å². The third kappa shape index (κ3) is 14.1. The molecule has 0 saturated carbocycles. The summed E-state index contributed by atoms with van der Waals surface area (Å²) in [6.45, 7) is 0. The number of nitrogens with zero attached hydrogens (tertiary/aromatic N) is 3. The van der Waals surface area contributed by atoms with Crippen LogP contribution in [0.2, 0.25) is 0 Å². The molecular weight excluding hydrogens is 1560 g/mol. The molecule has 0 spiro atoms. The van der Waals surface area contributed by atoms with E-state index in [1.807, 2.05) is 30.3 Å². The highest BCUT2D eigenvalue weighted by Crippen LogP contribution is 2.43. The van der Waals surface area contributed by atoms with Crippen LogP contribution in [0, 0.1) is 0 Å². The first kappa shape index (κ1) is 73.6. The molecule has 7 heteroatoms. The molecule has 24 aromatic rings. The monoisotopic (exact) mass is 1640 g/mol. The first-order chi connectivity index (χ1) is 60.9. The number of anilines is 5. The van der Waals surface area contributed by atoms with E-state index in [1.165, 1.54) is 110 Å². The SMILES string of the molecule is Brc1ccc(-c2cccc(-n3c4ccccc4c4ccccc43)c2)cc1.c1cc(-c2ccc(N(c3ccc(-c4ccc5c(c4)oc4ccccc45)cc3)c3ccc(-c4cccc5ccccc45)cc3)cc2)cc(-n2c3ccccc3c3ccccc32)c1.c1ccc2c(-c3ccc(Nc4ccc(-c5ccc6c(c5)oc5ccccc56)cc4)cc3)cccc2c1. The molecule has 0 radical (unpaired) electrons. The maximum absolute atomic E-state index is 6.25. The summed E-state index contributed by atoms with van der Waals surface area (Å²) in [6, 6.07) is 164. The van der Waals surface area contributed by atoms with Gasteiger partial charge in [0.15, 0.2) is 0 Å². The molecular formula is C116H77BrN4O2. The largest absolute Gasteiger partial charge is 0.456 e. The molecule has 0 saturated heterocycles. The molecule has 0 atom stereocenters. The van der Waals surface area contributed by atoms with E-state index < -0.39 is 0 Å². The third-order valence-electron chi connectivity index (χ3n) is 23.9. The van der Waals surface area contributed by atoms with Crippen molar-refractivity contribution in [2.75, 3.05) is 10.2 Å². The van der Waals surface area contributed by atoms with Crippen molar-refractivity contribution in [3.05, 3.63) is 466 Å². The smallest absolute Gasteiger partial charge is 0.136 e. The van der Waals surface area contributed by atoms with Crippen LogP contribution >= 0.6 is 15.9 Å². The van der Waals surface area contributed by atoms with E-state index in [0.29, 0.717) is 0 Å². The van der Waals surface area contributed by atoms with Crippen LogP contribution in [0.4, 0.5) is 28.4 Å². The average molecular weight is 1640 g/mol. The summed E-state index contributed by atoms with van der Waals surface area (Å²) >= 11 is 3.51. The van der Waals surface area contributed by atoms with Gasteiger partial charge in [0.2, 0.25) is 0 Å².